The van der Waals surface area contributed by atoms with Crippen LogP contribution in [-0.2, 0) is 4.79 Å². The third kappa shape index (κ3) is 5.03. The Morgan fingerprint density at radius 3 is 2.62 bits per heavy atom. The lowest BCUT2D eigenvalue weighted by atomic mass is 9.79. The van der Waals surface area contributed by atoms with E-state index in [0.717, 1.165) is 30.5 Å². The van der Waals surface area contributed by atoms with Crippen molar-refractivity contribution in [1.29, 1.82) is 0 Å². The number of anilines is 1. The molecule has 8 heteroatoms. The van der Waals surface area contributed by atoms with Gasteiger partial charge in [-0.05, 0) is 55.2 Å². The zero-order valence-corrected chi connectivity index (χ0v) is 21.4. The number of carbonyl (C=O) groups excluding carboxylic acids is 2. The molecule has 37 heavy (non-hydrogen) atoms. The van der Waals surface area contributed by atoms with Crippen molar-refractivity contribution in [2.45, 2.75) is 69.5 Å². The molecule has 6 nitrogen and oxygen atoms in total. The van der Waals surface area contributed by atoms with Gasteiger partial charge in [0, 0.05) is 48.6 Å². The third-order valence-corrected chi connectivity index (χ3v) is 8.28. The lowest BCUT2D eigenvalue weighted by Crippen LogP contribution is -2.53. The van der Waals surface area contributed by atoms with E-state index in [4.69, 9.17) is 4.74 Å². The fraction of sp³-hybridized carbons (Fsp3) is 0.517. The van der Waals surface area contributed by atoms with Gasteiger partial charge in [-0.25, -0.2) is 8.78 Å². The molecule has 2 amide bonds. The van der Waals surface area contributed by atoms with E-state index in [2.05, 4.69) is 17.6 Å². The van der Waals surface area contributed by atoms with Crippen molar-refractivity contribution in [2.24, 2.45) is 11.8 Å². The zero-order chi connectivity index (χ0) is 26.2. The first kappa shape index (κ1) is 25.5. The van der Waals surface area contributed by atoms with Crippen LogP contribution in [0.1, 0.15) is 67.4 Å². The van der Waals surface area contributed by atoms with E-state index in [0.29, 0.717) is 17.9 Å². The molecule has 2 N–H and O–H groups in total. The molecule has 2 fully saturated rings. The summed E-state index contributed by atoms with van der Waals surface area (Å²) in [6.07, 6.45) is 2.00. The predicted molar refractivity (Wildman–Crippen MR) is 138 cm³/mol. The quantitative estimate of drug-likeness (QED) is 0.544. The Morgan fingerprint density at radius 1 is 1.14 bits per heavy atom. The molecular formula is C29H35F2N3O3. The van der Waals surface area contributed by atoms with Gasteiger partial charge in [-0.3, -0.25) is 9.59 Å². The van der Waals surface area contributed by atoms with E-state index in [1.165, 1.54) is 0 Å². The molecule has 0 spiro atoms. The van der Waals surface area contributed by atoms with Crippen molar-refractivity contribution in [3.8, 4) is 5.75 Å². The third-order valence-electron chi connectivity index (χ3n) is 8.28. The van der Waals surface area contributed by atoms with Gasteiger partial charge in [-0.1, -0.05) is 31.5 Å². The second-order valence-electron chi connectivity index (χ2n) is 10.6. The van der Waals surface area contributed by atoms with Crippen molar-refractivity contribution >= 4 is 17.5 Å². The number of amides is 2. The van der Waals surface area contributed by atoms with Gasteiger partial charge in [0.25, 0.3) is 5.91 Å². The summed E-state index contributed by atoms with van der Waals surface area (Å²) in [5, 5.41) is 6.57. The van der Waals surface area contributed by atoms with E-state index >= 15 is 0 Å². The summed E-state index contributed by atoms with van der Waals surface area (Å²) < 4.78 is 34.4. The summed E-state index contributed by atoms with van der Waals surface area (Å²) in [5.74, 6) is -3.71. The number of nitrogens with one attached hydrogen (secondary N) is 2. The summed E-state index contributed by atoms with van der Waals surface area (Å²) >= 11 is 0. The fourth-order valence-electron chi connectivity index (χ4n) is 6.45. The van der Waals surface area contributed by atoms with Crippen molar-refractivity contribution < 1.29 is 23.1 Å². The topological polar surface area (TPSA) is 70.7 Å². The smallest absolute Gasteiger partial charge is 0.251 e. The summed E-state index contributed by atoms with van der Waals surface area (Å²) in [5.41, 5.74) is 2.47. The average molecular weight is 512 g/mol. The number of hydrogen-bond acceptors (Lipinski definition) is 4. The number of fused-ring (bicyclic) bond motifs is 3. The molecule has 1 saturated heterocycles. The van der Waals surface area contributed by atoms with E-state index < -0.39 is 24.3 Å². The number of halogens is 2. The van der Waals surface area contributed by atoms with E-state index in [9.17, 15) is 18.4 Å². The van der Waals surface area contributed by atoms with Gasteiger partial charge in [0.1, 0.15) is 5.75 Å². The summed E-state index contributed by atoms with van der Waals surface area (Å²) in [6, 6.07) is 14.1. The van der Waals surface area contributed by atoms with Crippen LogP contribution in [0, 0.1) is 11.8 Å². The van der Waals surface area contributed by atoms with Crippen LogP contribution < -0.4 is 15.4 Å². The number of hydrogen-bond donors (Lipinski definition) is 2. The fourth-order valence-corrected chi connectivity index (χ4v) is 6.45. The minimum absolute atomic E-state index is 0.0594. The van der Waals surface area contributed by atoms with Gasteiger partial charge in [0.05, 0.1) is 19.1 Å². The lowest BCUT2D eigenvalue weighted by molar-refractivity contribution is -0.146. The van der Waals surface area contributed by atoms with Crippen LogP contribution in [0.15, 0.2) is 48.5 Å². The second-order valence-corrected chi connectivity index (χ2v) is 10.6. The van der Waals surface area contributed by atoms with Gasteiger partial charge < -0.3 is 20.3 Å². The maximum absolute atomic E-state index is 14.6. The standard InChI is InChI=1S/C29H35F2N3O3/c1-3-6-23-21-14-16-34(26(21)20-7-4-5-8-24(20)32-23)28(36)22-17-29(30,31)15-13-25(22)33-27(35)18-9-11-19(37-2)12-10-18/h4-5,7-12,21-23,25-26,32H,3,6,13-17H2,1-2H3,(H,33,35)/t21-,22+,23+,25-,26+/m1/s1. The van der Waals surface area contributed by atoms with Gasteiger partial charge in [-0.15, -0.1) is 0 Å². The number of benzene rings is 2. The SMILES string of the molecule is CCC[C@@H]1Nc2ccccc2[C@H]2[C@@H]1CCN2C(=O)[C@H]1CC(F)(F)CC[C@H]1NC(=O)c1ccc(OC)cc1. The summed E-state index contributed by atoms with van der Waals surface area (Å²) in [4.78, 5) is 28.9. The number of likely N-dealkylation sites (tertiary alicyclic amines) is 1. The van der Waals surface area contributed by atoms with Crippen LogP contribution in [0.25, 0.3) is 0 Å². The van der Waals surface area contributed by atoms with Crippen LogP contribution in [0.3, 0.4) is 0 Å². The zero-order valence-electron chi connectivity index (χ0n) is 21.4. The highest BCUT2D eigenvalue weighted by molar-refractivity contribution is 5.95. The van der Waals surface area contributed by atoms with Crippen molar-refractivity contribution in [3.05, 3.63) is 59.7 Å². The Kier molecular flexibility index (Phi) is 7.10. The molecule has 0 radical (unpaired) electrons. The van der Waals surface area contributed by atoms with Crippen molar-refractivity contribution in [3.63, 3.8) is 0 Å². The molecule has 2 heterocycles. The molecule has 2 aromatic rings. The Labute approximate surface area is 216 Å². The van der Waals surface area contributed by atoms with Crippen molar-refractivity contribution in [2.75, 3.05) is 19.0 Å². The number of carbonyl (C=O) groups is 2. The lowest BCUT2D eigenvalue weighted by Gasteiger charge is -2.42. The number of alkyl halides is 2. The van der Waals surface area contributed by atoms with Gasteiger partial charge in [0.15, 0.2) is 0 Å². The highest BCUT2D eigenvalue weighted by Crippen LogP contribution is 2.49. The Balaban J connectivity index is 1.40. The Morgan fingerprint density at radius 2 is 1.89 bits per heavy atom. The largest absolute Gasteiger partial charge is 0.497 e. The molecule has 1 aliphatic carbocycles. The van der Waals surface area contributed by atoms with E-state index in [-0.39, 0.29) is 42.7 Å². The van der Waals surface area contributed by atoms with E-state index in [1.807, 2.05) is 29.2 Å². The minimum Gasteiger partial charge on any atom is -0.497 e. The molecule has 198 valence electrons. The molecule has 5 rings (SSSR count). The minimum atomic E-state index is -2.93. The molecule has 1 saturated carbocycles. The average Bonchev–Trinajstić information content (AvgIpc) is 3.35. The van der Waals surface area contributed by atoms with Crippen LogP contribution >= 0.6 is 0 Å². The highest BCUT2D eigenvalue weighted by atomic mass is 19.3. The molecule has 5 atom stereocenters. The molecular weight excluding hydrogens is 476 g/mol. The predicted octanol–water partition coefficient (Wildman–Crippen LogP) is 5.41. The maximum atomic E-state index is 14.6. The van der Waals surface area contributed by atoms with Gasteiger partial charge in [0.2, 0.25) is 11.8 Å². The number of nitrogens with zero attached hydrogens (tertiary/aromatic N) is 1. The number of methoxy groups -OCH3 is 1. The maximum Gasteiger partial charge on any atom is 0.251 e. The molecule has 2 aromatic carbocycles. The number of ether oxygens (including phenoxy) is 1. The summed E-state index contributed by atoms with van der Waals surface area (Å²) in [6.45, 7) is 2.68. The monoisotopic (exact) mass is 511 g/mol. The second kappa shape index (κ2) is 10.3. The number of rotatable bonds is 6. The van der Waals surface area contributed by atoms with Crippen LogP contribution in [-0.4, -0.2) is 48.4 Å². The first-order chi connectivity index (χ1) is 17.8. The first-order valence-electron chi connectivity index (χ1n) is 13.3. The Hall–Kier alpha value is -3.16. The molecule has 3 aliphatic rings. The molecule has 2 aliphatic heterocycles. The van der Waals surface area contributed by atoms with Crippen molar-refractivity contribution in [1.82, 2.24) is 10.2 Å². The summed E-state index contributed by atoms with van der Waals surface area (Å²) in [7, 11) is 1.54. The number of para-hydroxylation sites is 1. The van der Waals surface area contributed by atoms with Gasteiger partial charge in [-0.2, -0.15) is 0 Å². The van der Waals surface area contributed by atoms with Crippen LogP contribution in [0.5, 0.6) is 5.75 Å². The van der Waals surface area contributed by atoms with Crippen LogP contribution in [0.4, 0.5) is 14.5 Å². The first-order valence-corrected chi connectivity index (χ1v) is 13.3. The molecule has 0 unspecified atom stereocenters. The normalized spacial score (nSPS) is 28.0. The molecule has 0 bridgehead atoms. The Bertz CT molecular complexity index is 1140. The highest BCUT2D eigenvalue weighted by Gasteiger charge is 2.51. The van der Waals surface area contributed by atoms with E-state index in [1.54, 1.807) is 31.4 Å². The van der Waals surface area contributed by atoms with Gasteiger partial charge >= 0.3 is 0 Å². The molecule has 0 aromatic heterocycles. The van der Waals surface area contributed by atoms with Crippen LogP contribution in [0.2, 0.25) is 0 Å².